The lowest BCUT2D eigenvalue weighted by Crippen LogP contribution is -2.34. The highest BCUT2D eigenvalue weighted by molar-refractivity contribution is 6.04. The summed E-state index contributed by atoms with van der Waals surface area (Å²) in [5.41, 5.74) is 9.19. The zero-order chi connectivity index (χ0) is 21.3. The van der Waals surface area contributed by atoms with Gasteiger partial charge in [0.1, 0.15) is 0 Å². The number of amides is 2. The monoisotopic (exact) mass is 402 g/mol. The Kier molecular flexibility index (Phi) is 7.29. The summed E-state index contributed by atoms with van der Waals surface area (Å²) in [7, 11) is 0. The minimum Gasteiger partial charge on any atom is -0.324 e. The maximum absolute atomic E-state index is 12.9. The number of nitrogens with one attached hydrogen (secondary N) is 1. The first-order valence-electron chi connectivity index (χ1n) is 10.0. The number of benzene rings is 2. The number of anilines is 2. The van der Waals surface area contributed by atoms with E-state index in [4.69, 9.17) is 5.73 Å². The van der Waals surface area contributed by atoms with Crippen molar-refractivity contribution in [3.05, 3.63) is 90.3 Å². The van der Waals surface area contributed by atoms with Crippen LogP contribution in [0, 0.1) is 0 Å². The Hall–Kier alpha value is -3.51. The third-order valence-corrected chi connectivity index (χ3v) is 4.75. The van der Waals surface area contributed by atoms with Gasteiger partial charge in [0.15, 0.2) is 0 Å². The molecule has 0 bridgehead atoms. The highest BCUT2D eigenvalue weighted by Gasteiger charge is 2.19. The molecular weight excluding hydrogens is 376 g/mol. The van der Waals surface area contributed by atoms with Crippen LogP contribution in [-0.4, -0.2) is 23.3 Å². The van der Waals surface area contributed by atoms with Crippen molar-refractivity contribution in [2.45, 2.75) is 25.8 Å². The molecule has 0 spiro atoms. The van der Waals surface area contributed by atoms with Crippen LogP contribution in [0.3, 0.4) is 0 Å². The van der Waals surface area contributed by atoms with E-state index in [1.54, 1.807) is 53.7 Å². The van der Waals surface area contributed by atoms with Crippen LogP contribution in [0.4, 0.5) is 11.4 Å². The number of hydrogen-bond acceptors (Lipinski definition) is 4. The largest absolute Gasteiger partial charge is 0.324 e. The Bertz CT molecular complexity index is 960. The van der Waals surface area contributed by atoms with Gasteiger partial charge in [-0.05, 0) is 48.4 Å². The molecule has 0 saturated carbocycles. The number of nitrogens with zero attached hydrogens (tertiary/aromatic N) is 2. The molecule has 6 heteroatoms. The van der Waals surface area contributed by atoms with E-state index in [2.05, 4.69) is 10.3 Å². The van der Waals surface area contributed by atoms with E-state index in [0.29, 0.717) is 17.8 Å². The van der Waals surface area contributed by atoms with Crippen molar-refractivity contribution in [2.24, 2.45) is 5.73 Å². The predicted octanol–water partition coefficient (Wildman–Crippen LogP) is 4.17. The van der Waals surface area contributed by atoms with Crippen molar-refractivity contribution in [3.63, 3.8) is 0 Å². The molecular formula is C24H26N4O2. The lowest BCUT2D eigenvalue weighted by atomic mass is 10.0. The second kappa shape index (κ2) is 10.3. The minimum atomic E-state index is -0.446. The first-order valence-corrected chi connectivity index (χ1v) is 10.0. The van der Waals surface area contributed by atoms with Crippen LogP contribution >= 0.6 is 0 Å². The van der Waals surface area contributed by atoms with E-state index in [1.165, 1.54) is 0 Å². The summed E-state index contributed by atoms with van der Waals surface area (Å²) in [6.07, 6.45) is 4.28. The van der Waals surface area contributed by atoms with Gasteiger partial charge in [-0.3, -0.25) is 14.6 Å². The van der Waals surface area contributed by atoms with Gasteiger partial charge < -0.3 is 16.0 Å². The van der Waals surface area contributed by atoms with Crippen molar-refractivity contribution in [3.8, 4) is 0 Å². The lowest BCUT2D eigenvalue weighted by Gasteiger charge is -2.24. The smallest absolute Gasteiger partial charge is 0.255 e. The second-order valence-corrected chi connectivity index (χ2v) is 7.00. The topological polar surface area (TPSA) is 88.3 Å². The van der Waals surface area contributed by atoms with E-state index < -0.39 is 6.04 Å². The fraction of sp³-hybridized carbons (Fsp3) is 0.208. The van der Waals surface area contributed by atoms with Crippen LogP contribution in [0.15, 0.2) is 79.1 Å². The number of carbonyl (C=O) groups excluding carboxylic acids is 2. The molecule has 6 nitrogen and oxygen atoms in total. The number of hydrogen-bond donors (Lipinski definition) is 2. The van der Waals surface area contributed by atoms with Gasteiger partial charge in [-0.2, -0.15) is 0 Å². The Labute approximate surface area is 176 Å². The maximum atomic E-state index is 12.9. The van der Waals surface area contributed by atoms with Gasteiger partial charge in [-0.15, -0.1) is 0 Å². The molecule has 0 fully saturated rings. The molecule has 1 aromatic heterocycles. The van der Waals surface area contributed by atoms with Gasteiger partial charge in [0.25, 0.3) is 5.91 Å². The molecule has 1 atom stereocenters. The molecule has 30 heavy (non-hydrogen) atoms. The SMILES string of the molecule is CCCN(C(=O)CC(N)c1ccc(C(=O)Nc2ccncc2)cc1)c1ccccc1. The Balaban J connectivity index is 1.64. The first kappa shape index (κ1) is 21.2. The average molecular weight is 402 g/mol. The molecule has 2 amide bonds. The van der Waals surface area contributed by atoms with Crippen LogP contribution in [0.25, 0.3) is 0 Å². The van der Waals surface area contributed by atoms with Gasteiger partial charge in [0, 0.05) is 48.3 Å². The number of aromatic nitrogens is 1. The third kappa shape index (κ3) is 5.52. The van der Waals surface area contributed by atoms with Crippen molar-refractivity contribution in [2.75, 3.05) is 16.8 Å². The second-order valence-electron chi connectivity index (χ2n) is 7.00. The van der Waals surface area contributed by atoms with E-state index in [1.807, 2.05) is 37.3 Å². The van der Waals surface area contributed by atoms with Gasteiger partial charge >= 0.3 is 0 Å². The summed E-state index contributed by atoms with van der Waals surface area (Å²) < 4.78 is 0. The molecule has 3 N–H and O–H groups in total. The third-order valence-electron chi connectivity index (χ3n) is 4.75. The number of pyridine rings is 1. The molecule has 0 radical (unpaired) electrons. The number of carbonyl (C=O) groups is 2. The highest BCUT2D eigenvalue weighted by atomic mass is 16.2. The van der Waals surface area contributed by atoms with Crippen LogP contribution in [0.2, 0.25) is 0 Å². The predicted molar refractivity (Wildman–Crippen MR) is 119 cm³/mol. The zero-order valence-corrected chi connectivity index (χ0v) is 17.0. The molecule has 1 unspecified atom stereocenters. The zero-order valence-electron chi connectivity index (χ0n) is 17.0. The van der Waals surface area contributed by atoms with Gasteiger partial charge in [-0.25, -0.2) is 0 Å². The Morgan fingerprint density at radius 1 is 1.00 bits per heavy atom. The lowest BCUT2D eigenvalue weighted by molar-refractivity contribution is -0.119. The van der Waals surface area contributed by atoms with E-state index in [9.17, 15) is 9.59 Å². The molecule has 3 aromatic rings. The van der Waals surface area contributed by atoms with Crippen molar-refractivity contribution in [1.82, 2.24) is 4.98 Å². The van der Waals surface area contributed by atoms with Gasteiger partial charge in [0.2, 0.25) is 5.91 Å². The number of nitrogens with two attached hydrogens (primary N) is 1. The number of para-hydroxylation sites is 1. The minimum absolute atomic E-state index is 0.0185. The van der Waals surface area contributed by atoms with Crippen LogP contribution in [0.1, 0.15) is 41.7 Å². The summed E-state index contributed by atoms with van der Waals surface area (Å²) >= 11 is 0. The summed E-state index contributed by atoms with van der Waals surface area (Å²) in [6, 6.07) is 19.7. The van der Waals surface area contributed by atoms with E-state index >= 15 is 0 Å². The average Bonchev–Trinajstić information content (AvgIpc) is 2.78. The molecule has 0 aliphatic heterocycles. The number of rotatable bonds is 8. The molecule has 0 aliphatic rings. The Morgan fingerprint density at radius 3 is 2.30 bits per heavy atom. The van der Waals surface area contributed by atoms with Crippen LogP contribution in [0.5, 0.6) is 0 Å². The fourth-order valence-electron chi connectivity index (χ4n) is 3.17. The maximum Gasteiger partial charge on any atom is 0.255 e. The van der Waals surface area contributed by atoms with Crippen LogP contribution < -0.4 is 16.0 Å². The van der Waals surface area contributed by atoms with Crippen molar-refractivity contribution in [1.29, 1.82) is 0 Å². The van der Waals surface area contributed by atoms with Gasteiger partial charge in [-0.1, -0.05) is 37.3 Å². The standard InChI is InChI=1S/C24H26N4O2/c1-2-16-28(21-6-4-3-5-7-21)23(29)17-22(25)18-8-10-19(11-9-18)24(30)27-20-12-14-26-15-13-20/h3-15,22H,2,16-17,25H2,1H3,(H,26,27,30). The summed E-state index contributed by atoms with van der Waals surface area (Å²) in [6.45, 7) is 2.68. The molecule has 154 valence electrons. The van der Waals surface area contributed by atoms with Crippen LogP contribution in [-0.2, 0) is 4.79 Å². The molecule has 2 aromatic carbocycles. The molecule has 0 saturated heterocycles. The fourth-order valence-corrected chi connectivity index (χ4v) is 3.17. The first-order chi connectivity index (χ1) is 14.6. The van der Waals surface area contributed by atoms with Gasteiger partial charge in [0.05, 0.1) is 0 Å². The quantitative estimate of drug-likeness (QED) is 0.592. The summed E-state index contributed by atoms with van der Waals surface area (Å²) in [5, 5.41) is 2.82. The molecule has 1 heterocycles. The van der Waals surface area contributed by atoms with Crippen molar-refractivity contribution >= 4 is 23.2 Å². The normalized spacial score (nSPS) is 11.5. The Morgan fingerprint density at radius 2 is 1.67 bits per heavy atom. The van der Waals surface area contributed by atoms with E-state index in [0.717, 1.165) is 17.7 Å². The van der Waals surface area contributed by atoms with E-state index in [-0.39, 0.29) is 18.2 Å². The summed E-state index contributed by atoms with van der Waals surface area (Å²) in [5.74, 6) is -0.231. The molecule has 0 aliphatic carbocycles. The highest BCUT2D eigenvalue weighted by Crippen LogP contribution is 2.20. The molecule has 3 rings (SSSR count). The summed E-state index contributed by atoms with van der Waals surface area (Å²) in [4.78, 5) is 30.9. The van der Waals surface area contributed by atoms with Crippen molar-refractivity contribution < 1.29 is 9.59 Å².